The summed E-state index contributed by atoms with van der Waals surface area (Å²) in [5.74, 6) is -0.433. The average molecular weight is 240 g/mol. The van der Waals surface area contributed by atoms with E-state index in [9.17, 15) is 9.59 Å². The number of carbonyl (C=O) groups is 2. The minimum atomic E-state index is -0.432. The molecule has 1 unspecified atom stereocenters. The number of fused-ring (bicyclic) bond motifs is 1. The number of rotatable bonds is 0. The maximum absolute atomic E-state index is 12.4. The van der Waals surface area contributed by atoms with Gasteiger partial charge < -0.3 is 11.1 Å². The zero-order valence-electron chi connectivity index (χ0n) is 9.69. The van der Waals surface area contributed by atoms with Gasteiger partial charge in [-0.3, -0.25) is 9.59 Å². The number of hydrogen-bond donors (Lipinski definition) is 2. The van der Waals surface area contributed by atoms with Crippen molar-refractivity contribution in [2.75, 3.05) is 0 Å². The van der Waals surface area contributed by atoms with Gasteiger partial charge in [0.1, 0.15) is 0 Å². The molecule has 0 spiro atoms. The van der Waals surface area contributed by atoms with Crippen molar-refractivity contribution in [2.45, 2.75) is 18.9 Å². The van der Waals surface area contributed by atoms with Crippen LogP contribution in [0.5, 0.6) is 0 Å². The van der Waals surface area contributed by atoms with Gasteiger partial charge in [0.15, 0.2) is 11.6 Å². The normalized spacial score (nSPS) is 22.9. The van der Waals surface area contributed by atoms with E-state index in [0.29, 0.717) is 29.5 Å². The molecule has 4 nitrogen and oxygen atoms in total. The Hall–Kier alpha value is -2.07. The topological polar surface area (TPSA) is 84.0 Å². The smallest absolute Gasteiger partial charge is 0.196 e. The van der Waals surface area contributed by atoms with Gasteiger partial charge in [0.25, 0.3) is 0 Å². The summed E-state index contributed by atoms with van der Waals surface area (Å²) >= 11 is 0. The van der Waals surface area contributed by atoms with Crippen molar-refractivity contribution in [1.29, 1.82) is 5.41 Å². The fourth-order valence-electron chi connectivity index (χ4n) is 2.62. The number of hydrogen-bond acceptors (Lipinski definition) is 4. The Morgan fingerprint density at radius 1 is 1.11 bits per heavy atom. The minimum absolute atomic E-state index is 0.197. The second-order valence-corrected chi connectivity index (χ2v) is 4.62. The van der Waals surface area contributed by atoms with Crippen LogP contribution in [-0.2, 0) is 0 Å². The summed E-state index contributed by atoms with van der Waals surface area (Å²) in [6, 6.07) is 6.30. The van der Waals surface area contributed by atoms with Crippen molar-refractivity contribution in [1.82, 2.24) is 0 Å². The molecule has 2 aliphatic rings. The molecule has 0 radical (unpaired) electrons. The van der Waals surface area contributed by atoms with Crippen molar-refractivity contribution >= 4 is 17.3 Å². The maximum Gasteiger partial charge on any atom is 0.196 e. The summed E-state index contributed by atoms with van der Waals surface area (Å²) in [7, 11) is 0. The van der Waals surface area contributed by atoms with Crippen LogP contribution in [0.1, 0.15) is 33.6 Å². The van der Waals surface area contributed by atoms with Crippen molar-refractivity contribution < 1.29 is 9.59 Å². The summed E-state index contributed by atoms with van der Waals surface area (Å²) in [5.41, 5.74) is 7.53. The Balaban J connectivity index is 2.29. The standard InChI is InChI=1S/C14H12N2O2/c15-9-5-6-10(16)12-11(9)13(17)7-3-1-2-4-8(7)14(12)18/h1-4,9,16H,5-6,15H2. The van der Waals surface area contributed by atoms with E-state index in [0.717, 1.165) is 0 Å². The van der Waals surface area contributed by atoms with Crippen LogP contribution in [0.2, 0.25) is 0 Å². The molecule has 0 amide bonds. The number of ketones is 2. The Labute approximate surface area is 104 Å². The zero-order valence-corrected chi connectivity index (χ0v) is 9.69. The fraction of sp³-hybridized carbons (Fsp3) is 0.214. The molecule has 4 heteroatoms. The number of carbonyl (C=O) groups excluding carboxylic acids is 2. The minimum Gasteiger partial charge on any atom is -0.324 e. The molecule has 3 rings (SSSR count). The highest BCUT2D eigenvalue weighted by Gasteiger charge is 2.38. The number of nitrogens with one attached hydrogen (secondary N) is 1. The molecule has 0 aromatic heterocycles. The lowest BCUT2D eigenvalue weighted by atomic mass is 9.74. The van der Waals surface area contributed by atoms with Crippen LogP contribution < -0.4 is 5.73 Å². The van der Waals surface area contributed by atoms with E-state index < -0.39 is 6.04 Å². The van der Waals surface area contributed by atoms with Gasteiger partial charge in [0.05, 0.1) is 5.57 Å². The maximum atomic E-state index is 12.4. The van der Waals surface area contributed by atoms with Gasteiger partial charge in [-0.05, 0) is 12.8 Å². The first kappa shape index (κ1) is 11.0. The van der Waals surface area contributed by atoms with E-state index in [4.69, 9.17) is 11.1 Å². The molecule has 3 N–H and O–H groups in total. The molecule has 0 aliphatic heterocycles. The highest BCUT2D eigenvalue weighted by molar-refractivity contribution is 6.37. The summed E-state index contributed by atoms with van der Waals surface area (Å²) < 4.78 is 0. The van der Waals surface area contributed by atoms with Crippen LogP contribution in [0.4, 0.5) is 0 Å². The number of nitrogens with two attached hydrogens (primary N) is 1. The van der Waals surface area contributed by atoms with E-state index in [2.05, 4.69) is 0 Å². The van der Waals surface area contributed by atoms with Crippen LogP contribution in [0.25, 0.3) is 0 Å². The van der Waals surface area contributed by atoms with E-state index in [-0.39, 0.29) is 22.9 Å². The lowest BCUT2D eigenvalue weighted by molar-refractivity contribution is 0.0972. The first-order chi connectivity index (χ1) is 8.61. The quantitative estimate of drug-likeness (QED) is 0.720. The van der Waals surface area contributed by atoms with Crippen molar-refractivity contribution in [3.63, 3.8) is 0 Å². The summed E-state index contributed by atoms with van der Waals surface area (Å²) in [5, 5.41) is 7.88. The predicted molar refractivity (Wildman–Crippen MR) is 67.1 cm³/mol. The van der Waals surface area contributed by atoms with Gasteiger partial charge in [-0.15, -0.1) is 0 Å². The lowest BCUT2D eigenvalue weighted by Gasteiger charge is -2.29. The molecule has 1 aromatic rings. The summed E-state index contributed by atoms with van der Waals surface area (Å²) in [6.45, 7) is 0. The second-order valence-electron chi connectivity index (χ2n) is 4.62. The van der Waals surface area contributed by atoms with Gasteiger partial charge in [-0.1, -0.05) is 24.3 Å². The number of allylic oxidation sites excluding steroid dienone is 1. The monoisotopic (exact) mass is 240 g/mol. The largest absolute Gasteiger partial charge is 0.324 e. The molecule has 0 fully saturated rings. The van der Waals surface area contributed by atoms with Gasteiger partial charge in [0, 0.05) is 28.5 Å². The summed E-state index contributed by atoms with van der Waals surface area (Å²) in [4.78, 5) is 24.7. The van der Waals surface area contributed by atoms with Crippen LogP contribution >= 0.6 is 0 Å². The fourth-order valence-corrected chi connectivity index (χ4v) is 2.62. The second kappa shape index (κ2) is 3.71. The van der Waals surface area contributed by atoms with Gasteiger partial charge in [0.2, 0.25) is 0 Å². The Morgan fingerprint density at radius 2 is 1.72 bits per heavy atom. The highest BCUT2D eigenvalue weighted by Crippen LogP contribution is 2.33. The SMILES string of the molecule is N=C1CCC(N)C2=C1C(=O)c1ccccc1C2=O. The van der Waals surface area contributed by atoms with E-state index in [1.54, 1.807) is 24.3 Å². The first-order valence-electron chi connectivity index (χ1n) is 5.87. The molecule has 2 aliphatic carbocycles. The van der Waals surface area contributed by atoms with Gasteiger partial charge >= 0.3 is 0 Å². The van der Waals surface area contributed by atoms with E-state index in [1.807, 2.05) is 0 Å². The Bertz CT molecular complexity index is 628. The third-order valence-corrected chi connectivity index (χ3v) is 3.54. The molecular formula is C14H12N2O2. The molecule has 90 valence electrons. The van der Waals surface area contributed by atoms with E-state index in [1.165, 1.54) is 0 Å². The van der Waals surface area contributed by atoms with Crippen LogP contribution in [0.3, 0.4) is 0 Å². The van der Waals surface area contributed by atoms with Gasteiger partial charge in [-0.25, -0.2) is 0 Å². The van der Waals surface area contributed by atoms with Gasteiger partial charge in [-0.2, -0.15) is 0 Å². The first-order valence-corrected chi connectivity index (χ1v) is 5.87. The molecular weight excluding hydrogens is 228 g/mol. The molecule has 1 atom stereocenters. The lowest BCUT2D eigenvalue weighted by Crippen LogP contribution is -2.39. The van der Waals surface area contributed by atoms with E-state index >= 15 is 0 Å². The van der Waals surface area contributed by atoms with Crippen molar-refractivity contribution in [3.8, 4) is 0 Å². The van der Waals surface area contributed by atoms with Crippen LogP contribution in [0.15, 0.2) is 35.4 Å². The third kappa shape index (κ3) is 1.32. The molecule has 0 saturated carbocycles. The molecule has 0 heterocycles. The molecule has 0 bridgehead atoms. The van der Waals surface area contributed by atoms with Crippen molar-refractivity contribution in [3.05, 3.63) is 46.5 Å². The molecule has 1 aromatic carbocycles. The predicted octanol–water partition coefficient (Wildman–Crippen LogP) is 1.50. The Kier molecular flexibility index (Phi) is 2.28. The zero-order chi connectivity index (χ0) is 12.9. The number of benzene rings is 1. The summed E-state index contributed by atoms with van der Waals surface area (Å²) in [6.07, 6.45) is 1.01. The van der Waals surface area contributed by atoms with Crippen molar-refractivity contribution in [2.24, 2.45) is 5.73 Å². The molecule has 0 saturated heterocycles. The van der Waals surface area contributed by atoms with Crippen LogP contribution in [0, 0.1) is 5.41 Å². The number of Topliss-reactive ketones (excluding diaryl/α,β-unsaturated/α-hetero) is 2. The van der Waals surface area contributed by atoms with Crippen LogP contribution in [-0.4, -0.2) is 23.3 Å². The Morgan fingerprint density at radius 3 is 2.39 bits per heavy atom. The molecule has 18 heavy (non-hydrogen) atoms. The average Bonchev–Trinajstić information content (AvgIpc) is 2.38. The third-order valence-electron chi connectivity index (χ3n) is 3.54. The highest BCUT2D eigenvalue weighted by atomic mass is 16.1.